The molecule has 2 aromatic heterocycles. The van der Waals surface area contributed by atoms with Crippen LogP contribution < -0.4 is 0 Å². The lowest BCUT2D eigenvalue weighted by Gasteiger charge is -2.30. The largest absolute Gasteiger partial charge is 0.453 e. The molecule has 0 radical (unpaired) electrons. The number of para-hydroxylation sites is 3. The monoisotopic (exact) mass is 649 g/mol. The van der Waals surface area contributed by atoms with E-state index in [2.05, 4.69) is 160 Å². The van der Waals surface area contributed by atoms with Crippen LogP contribution in [0.15, 0.2) is 154 Å². The number of halogens is 1. The van der Waals surface area contributed by atoms with E-state index in [1.54, 1.807) is 0 Å². The van der Waals surface area contributed by atoms with Crippen LogP contribution in [0.25, 0.3) is 71.7 Å². The van der Waals surface area contributed by atoms with Crippen molar-refractivity contribution in [3.8, 4) is 27.9 Å². The van der Waals surface area contributed by atoms with E-state index >= 15 is 0 Å². The van der Waals surface area contributed by atoms with Gasteiger partial charge in [0.15, 0.2) is 5.58 Å². The van der Waals surface area contributed by atoms with E-state index in [1.807, 2.05) is 6.07 Å². The fourth-order valence-electron chi connectivity index (χ4n) is 8.83. The van der Waals surface area contributed by atoms with Crippen LogP contribution in [0.3, 0.4) is 0 Å². The molecule has 0 aliphatic heterocycles. The van der Waals surface area contributed by atoms with E-state index in [1.165, 1.54) is 66.3 Å². The summed E-state index contributed by atoms with van der Waals surface area (Å²) in [6, 6.07) is 53.5. The number of hydrogen-bond donors (Lipinski definition) is 0. The molecule has 2 aliphatic rings. The predicted octanol–water partition coefficient (Wildman–Crippen LogP) is 11.8. The van der Waals surface area contributed by atoms with Gasteiger partial charge in [0.05, 0.1) is 26.6 Å². The third-order valence-electron chi connectivity index (χ3n) is 10.5. The number of hydrogen-bond acceptors (Lipinski definition) is 1. The van der Waals surface area contributed by atoms with E-state index < -0.39 is 5.41 Å². The predicted molar refractivity (Wildman–Crippen MR) is 192 cm³/mol. The van der Waals surface area contributed by atoms with Crippen LogP contribution in [0.2, 0.25) is 0 Å². The van der Waals surface area contributed by atoms with E-state index in [4.69, 9.17) is 4.42 Å². The van der Waals surface area contributed by atoms with Crippen molar-refractivity contribution in [3.63, 3.8) is 0 Å². The summed E-state index contributed by atoms with van der Waals surface area (Å²) in [6.07, 6.45) is 0. The minimum absolute atomic E-state index is 0.398. The second-order valence-electron chi connectivity index (χ2n) is 12.5. The van der Waals surface area contributed by atoms with Gasteiger partial charge >= 0.3 is 0 Å². The highest BCUT2D eigenvalue weighted by Gasteiger charge is 2.52. The molecular weight excluding hydrogens is 626 g/mol. The van der Waals surface area contributed by atoms with Crippen molar-refractivity contribution in [2.45, 2.75) is 5.41 Å². The van der Waals surface area contributed by atoms with E-state index in [0.29, 0.717) is 0 Å². The highest BCUT2D eigenvalue weighted by molar-refractivity contribution is 9.10. The van der Waals surface area contributed by atoms with Crippen molar-refractivity contribution >= 4 is 59.7 Å². The topological polar surface area (TPSA) is 18.1 Å². The minimum atomic E-state index is -0.398. The Balaban J connectivity index is 1.36. The van der Waals surface area contributed by atoms with Crippen molar-refractivity contribution in [2.75, 3.05) is 0 Å². The molecule has 0 N–H and O–H groups in total. The van der Waals surface area contributed by atoms with Crippen molar-refractivity contribution in [1.82, 2.24) is 4.57 Å². The van der Waals surface area contributed by atoms with Crippen molar-refractivity contribution in [3.05, 3.63) is 172 Å². The van der Waals surface area contributed by atoms with Gasteiger partial charge < -0.3 is 8.98 Å². The van der Waals surface area contributed by atoms with Crippen molar-refractivity contribution in [1.29, 1.82) is 0 Å². The Morgan fingerprint density at radius 1 is 0.457 bits per heavy atom. The van der Waals surface area contributed by atoms with Gasteiger partial charge in [-0.25, -0.2) is 0 Å². The van der Waals surface area contributed by atoms with Crippen LogP contribution in [0.5, 0.6) is 0 Å². The first-order chi connectivity index (χ1) is 22.8. The molecule has 2 aliphatic carbocycles. The fraction of sp³-hybridized carbons (Fsp3) is 0.0233. The third-order valence-corrected chi connectivity index (χ3v) is 11.1. The number of nitrogens with zero attached hydrogens (tertiary/aromatic N) is 1. The van der Waals surface area contributed by atoms with E-state index in [-0.39, 0.29) is 0 Å². The molecule has 9 aromatic rings. The molecule has 46 heavy (non-hydrogen) atoms. The summed E-state index contributed by atoms with van der Waals surface area (Å²) < 4.78 is 10.2. The molecular formula is C43H24BrNO. The Hall–Kier alpha value is -5.38. The molecule has 7 aromatic carbocycles. The molecule has 214 valence electrons. The van der Waals surface area contributed by atoms with Gasteiger partial charge in [0.25, 0.3) is 0 Å². The summed E-state index contributed by atoms with van der Waals surface area (Å²) in [6.45, 7) is 0. The fourth-order valence-corrected chi connectivity index (χ4v) is 9.28. The highest BCUT2D eigenvalue weighted by atomic mass is 79.9. The van der Waals surface area contributed by atoms with Gasteiger partial charge in [0.2, 0.25) is 0 Å². The summed E-state index contributed by atoms with van der Waals surface area (Å²) in [4.78, 5) is 0. The van der Waals surface area contributed by atoms with Crippen LogP contribution in [0.1, 0.15) is 22.3 Å². The lowest BCUT2D eigenvalue weighted by Crippen LogP contribution is -2.25. The number of benzene rings is 7. The summed E-state index contributed by atoms with van der Waals surface area (Å²) in [5.74, 6) is 0. The van der Waals surface area contributed by atoms with Gasteiger partial charge in [-0.3, -0.25) is 0 Å². The average Bonchev–Trinajstić information content (AvgIpc) is 3.83. The summed E-state index contributed by atoms with van der Waals surface area (Å²) >= 11 is 3.75. The summed E-state index contributed by atoms with van der Waals surface area (Å²) in [5.41, 5.74) is 15.4. The zero-order valence-corrected chi connectivity index (χ0v) is 26.2. The molecule has 1 spiro atoms. The Morgan fingerprint density at radius 2 is 1.04 bits per heavy atom. The zero-order valence-electron chi connectivity index (χ0n) is 24.6. The number of furan rings is 1. The minimum Gasteiger partial charge on any atom is -0.453 e. The van der Waals surface area contributed by atoms with Gasteiger partial charge in [0, 0.05) is 27.1 Å². The quantitative estimate of drug-likeness (QED) is 0.173. The maximum Gasteiger partial charge on any atom is 0.159 e. The average molecular weight is 651 g/mol. The zero-order chi connectivity index (χ0) is 30.1. The van der Waals surface area contributed by atoms with Crippen LogP contribution in [0.4, 0.5) is 0 Å². The highest BCUT2D eigenvalue weighted by Crippen LogP contribution is 2.64. The molecule has 0 atom stereocenters. The first-order valence-corrected chi connectivity index (χ1v) is 16.5. The lowest BCUT2D eigenvalue weighted by atomic mass is 9.70. The maximum atomic E-state index is 6.74. The van der Waals surface area contributed by atoms with E-state index in [9.17, 15) is 0 Å². The Labute approximate surface area is 273 Å². The standard InChI is InChI=1S/C43H24BrNO/c44-36-20-9-15-29-30-16-10-22-38(42(30)46-41(29)36)45-37-21-8-4-13-27(37)28-23-24-35-39(40(28)45)31-14-3-7-19-34(31)43(35)32-17-5-1-11-25(32)26-12-2-6-18-33(26)43/h1-24H. The first-order valence-electron chi connectivity index (χ1n) is 15.7. The van der Waals surface area contributed by atoms with Crippen LogP contribution in [0, 0.1) is 0 Å². The number of rotatable bonds is 1. The second-order valence-corrected chi connectivity index (χ2v) is 13.4. The van der Waals surface area contributed by atoms with Gasteiger partial charge in [-0.15, -0.1) is 0 Å². The molecule has 0 bridgehead atoms. The lowest BCUT2D eigenvalue weighted by molar-refractivity contribution is 0.664. The first kappa shape index (κ1) is 24.9. The molecule has 0 amide bonds. The molecule has 2 heterocycles. The molecule has 11 rings (SSSR count). The third kappa shape index (κ3) is 2.80. The van der Waals surface area contributed by atoms with Gasteiger partial charge in [-0.1, -0.05) is 127 Å². The van der Waals surface area contributed by atoms with Crippen molar-refractivity contribution in [2.24, 2.45) is 0 Å². The normalized spacial score (nSPS) is 13.9. The molecule has 0 fully saturated rings. The molecule has 0 saturated heterocycles. The van der Waals surface area contributed by atoms with Gasteiger partial charge in [-0.05, 0) is 73.1 Å². The second kappa shape index (κ2) is 8.66. The van der Waals surface area contributed by atoms with E-state index in [0.717, 1.165) is 32.1 Å². The SMILES string of the molecule is Brc1cccc2c1oc1c(-n3c4ccccc4c4ccc5c(c43)-c3ccccc3C53c4ccccc4-c4ccccc43)cccc12. The molecule has 2 nitrogen and oxygen atoms in total. The summed E-state index contributed by atoms with van der Waals surface area (Å²) in [5, 5.41) is 4.71. The maximum absolute atomic E-state index is 6.74. The summed E-state index contributed by atoms with van der Waals surface area (Å²) in [7, 11) is 0. The Morgan fingerprint density at radius 3 is 1.80 bits per heavy atom. The van der Waals surface area contributed by atoms with Gasteiger partial charge in [0.1, 0.15) is 5.58 Å². The number of aromatic nitrogens is 1. The smallest absolute Gasteiger partial charge is 0.159 e. The van der Waals surface area contributed by atoms with Crippen LogP contribution in [-0.4, -0.2) is 4.57 Å². The van der Waals surface area contributed by atoms with Crippen LogP contribution in [-0.2, 0) is 5.41 Å². The van der Waals surface area contributed by atoms with Crippen LogP contribution >= 0.6 is 15.9 Å². The molecule has 0 saturated carbocycles. The molecule has 3 heteroatoms. The molecule has 0 unspecified atom stereocenters. The Bertz CT molecular complexity index is 2730. The van der Waals surface area contributed by atoms with Gasteiger partial charge in [-0.2, -0.15) is 0 Å². The number of fused-ring (bicyclic) bond motifs is 17. The Kier molecular flexibility index (Phi) is 4.68. The van der Waals surface area contributed by atoms with Crippen molar-refractivity contribution < 1.29 is 4.42 Å².